The van der Waals surface area contributed by atoms with Crippen LogP contribution in [0.15, 0.2) is 81.9 Å². The van der Waals surface area contributed by atoms with Crippen LogP contribution in [0.1, 0.15) is 70.8 Å². The van der Waals surface area contributed by atoms with Gasteiger partial charge in [0.1, 0.15) is 5.75 Å². The fourth-order valence-electron chi connectivity index (χ4n) is 6.03. The van der Waals surface area contributed by atoms with Crippen molar-refractivity contribution in [1.29, 1.82) is 0 Å². The van der Waals surface area contributed by atoms with E-state index < -0.39 is 0 Å². The number of fused-ring (bicyclic) bond motifs is 2. The average molecular weight is 485 g/mol. The van der Waals surface area contributed by atoms with Gasteiger partial charge in [-0.2, -0.15) is 0 Å². The summed E-state index contributed by atoms with van der Waals surface area (Å²) in [6.45, 7) is 5.23. The zero-order chi connectivity index (χ0) is 24.9. The van der Waals surface area contributed by atoms with Gasteiger partial charge in [0.2, 0.25) is 0 Å². The number of benzene rings is 1. The van der Waals surface area contributed by atoms with E-state index in [4.69, 9.17) is 14.7 Å². The van der Waals surface area contributed by atoms with Crippen molar-refractivity contribution >= 4 is 11.5 Å². The first-order valence-corrected chi connectivity index (χ1v) is 14.0. The summed E-state index contributed by atoms with van der Waals surface area (Å²) in [5, 5.41) is 10.5. The number of hydrogen-bond donors (Lipinski definition) is 1. The fourth-order valence-corrected chi connectivity index (χ4v) is 6.03. The van der Waals surface area contributed by atoms with Crippen LogP contribution in [0, 0.1) is 23.7 Å². The zero-order valence-corrected chi connectivity index (χ0v) is 21.8. The van der Waals surface area contributed by atoms with Gasteiger partial charge in [0, 0.05) is 24.0 Å². The second-order valence-corrected chi connectivity index (χ2v) is 10.8. The van der Waals surface area contributed by atoms with Gasteiger partial charge >= 0.3 is 0 Å². The standard InChI is InChI=1S/C32H40N2O2/c1-3-5-10-22(4-2)21-36-31-20-29(33-32(34-31)28-13-8-9-14-30(28)35)26-16-15-25-17-23-11-6-7-12-24(23)18-27(25)19-26/h6-9,11-15,17,22,24,26-27,31,35H,3-5,10,16,18-21H2,1-2H3. The second-order valence-electron chi connectivity index (χ2n) is 10.8. The molecule has 0 saturated heterocycles. The Morgan fingerprint density at radius 2 is 1.97 bits per heavy atom. The summed E-state index contributed by atoms with van der Waals surface area (Å²) < 4.78 is 6.43. The maximum absolute atomic E-state index is 10.5. The van der Waals surface area contributed by atoms with Crippen LogP contribution in [0.25, 0.3) is 0 Å². The Morgan fingerprint density at radius 3 is 2.81 bits per heavy atom. The highest BCUT2D eigenvalue weighted by Gasteiger charge is 2.34. The molecule has 5 rings (SSSR count). The van der Waals surface area contributed by atoms with Crippen LogP contribution >= 0.6 is 0 Å². The SMILES string of the molecule is CCCCC(CC)COC1CC(C2CC=C3C=C4C=CC=CC4CC3C2)=NC(c2ccccc2O)=N1. The predicted molar refractivity (Wildman–Crippen MR) is 149 cm³/mol. The summed E-state index contributed by atoms with van der Waals surface area (Å²) in [6.07, 6.45) is 22.4. The van der Waals surface area contributed by atoms with E-state index in [9.17, 15) is 5.11 Å². The Kier molecular flexibility index (Phi) is 8.01. The van der Waals surface area contributed by atoms with Crippen molar-refractivity contribution in [2.45, 2.75) is 71.4 Å². The van der Waals surface area contributed by atoms with Crippen LogP contribution in [0.5, 0.6) is 5.75 Å². The van der Waals surface area contributed by atoms with Crippen LogP contribution in [0.3, 0.4) is 0 Å². The molecule has 0 spiro atoms. The molecule has 3 aliphatic carbocycles. The molecule has 0 saturated carbocycles. The smallest absolute Gasteiger partial charge is 0.160 e. The first-order valence-electron chi connectivity index (χ1n) is 14.0. The summed E-state index contributed by atoms with van der Waals surface area (Å²) in [4.78, 5) is 9.94. The van der Waals surface area contributed by atoms with Crippen molar-refractivity contribution in [3.63, 3.8) is 0 Å². The number of allylic oxidation sites excluding steroid dienone is 8. The van der Waals surface area contributed by atoms with Crippen LogP contribution in [0.2, 0.25) is 0 Å². The van der Waals surface area contributed by atoms with E-state index in [0.29, 0.717) is 35.1 Å². The number of amidine groups is 1. The molecule has 5 unspecified atom stereocenters. The third-order valence-electron chi connectivity index (χ3n) is 8.30. The minimum Gasteiger partial charge on any atom is -0.507 e. The van der Waals surface area contributed by atoms with E-state index in [1.54, 1.807) is 6.07 Å². The number of ether oxygens (including phenoxy) is 1. The summed E-state index contributed by atoms with van der Waals surface area (Å²) >= 11 is 0. The Balaban J connectivity index is 1.36. The van der Waals surface area contributed by atoms with Crippen molar-refractivity contribution in [2.24, 2.45) is 33.7 Å². The minimum atomic E-state index is -0.238. The number of aliphatic imine (C=N–C) groups is 2. The fraction of sp³-hybridized carbons (Fsp3) is 0.500. The highest BCUT2D eigenvalue weighted by molar-refractivity contribution is 6.10. The first kappa shape index (κ1) is 25.0. The predicted octanol–water partition coefficient (Wildman–Crippen LogP) is 7.57. The quantitative estimate of drug-likeness (QED) is 0.393. The van der Waals surface area contributed by atoms with Crippen LogP contribution in [-0.2, 0) is 4.74 Å². The maximum atomic E-state index is 10.5. The van der Waals surface area contributed by atoms with Crippen LogP contribution in [-0.4, -0.2) is 29.5 Å². The summed E-state index contributed by atoms with van der Waals surface area (Å²) in [7, 11) is 0. The highest BCUT2D eigenvalue weighted by Crippen LogP contribution is 2.43. The van der Waals surface area contributed by atoms with Gasteiger partial charge in [0.05, 0.1) is 12.2 Å². The number of aromatic hydroxyl groups is 1. The second kappa shape index (κ2) is 11.6. The number of nitrogens with zero attached hydrogens (tertiary/aromatic N) is 2. The van der Waals surface area contributed by atoms with Gasteiger partial charge in [-0.15, -0.1) is 0 Å². The molecule has 1 N–H and O–H groups in total. The Labute approximate surface area is 216 Å². The minimum absolute atomic E-state index is 0.224. The third-order valence-corrected chi connectivity index (χ3v) is 8.30. The molecule has 0 amide bonds. The lowest BCUT2D eigenvalue weighted by atomic mass is 9.69. The monoisotopic (exact) mass is 484 g/mol. The van der Waals surface area contributed by atoms with E-state index in [-0.39, 0.29) is 12.0 Å². The molecule has 4 heteroatoms. The molecule has 1 aliphatic heterocycles. The molecule has 4 nitrogen and oxygen atoms in total. The lowest BCUT2D eigenvalue weighted by Crippen LogP contribution is -2.32. The van der Waals surface area contributed by atoms with Crippen molar-refractivity contribution in [2.75, 3.05) is 6.61 Å². The van der Waals surface area contributed by atoms with E-state index in [1.807, 2.05) is 18.2 Å². The van der Waals surface area contributed by atoms with Crippen molar-refractivity contribution in [1.82, 2.24) is 0 Å². The third kappa shape index (κ3) is 5.64. The Hall–Kier alpha value is -2.72. The van der Waals surface area contributed by atoms with E-state index in [1.165, 1.54) is 42.5 Å². The molecule has 5 atom stereocenters. The van der Waals surface area contributed by atoms with Crippen molar-refractivity contribution in [3.05, 3.63) is 77.4 Å². The maximum Gasteiger partial charge on any atom is 0.160 e. The zero-order valence-electron chi connectivity index (χ0n) is 21.8. The summed E-state index contributed by atoms with van der Waals surface area (Å²) in [5.74, 6) is 2.90. The molecule has 4 aliphatic rings. The lowest BCUT2D eigenvalue weighted by Gasteiger charge is -2.37. The largest absolute Gasteiger partial charge is 0.507 e. The van der Waals surface area contributed by atoms with E-state index >= 15 is 0 Å². The van der Waals surface area contributed by atoms with E-state index in [2.05, 4.69) is 50.3 Å². The van der Waals surface area contributed by atoms with E-state index in [0.717, 1.165) is 32.3 Å². The molecule has 0 fully saturated rings. The van der Waals surface area contributed by atoms with Gasteiger partial charge in [0.15, 0.2) is 12.1 Å². The molecule has 0 bridgehead atoms. The number of para-hydroxylation sites is 1. The molecule has 1 aromatic carbocycles. The number of rotatable bonds is 9. The molecule has 36 heavy (non-hydrogen) atoms. The molecule has 0 radical (unpaired) electrons. The van der Waals surface area contributed by atoms with Gasteiger partial charge < -0.3 is 9.84 Å². The number of hydrogen-bond acceptors (Lipinski definition) is 4. The molecular weight excluding hydrogens is 444 g/mol. The Morgan fingerprint density at radius 1 is 1.08 bits per heavy atom. The van der Waals surface area contributed by atoms with Gasteiger partial charge in [-0.05, 0) is 60.8 Å². The lowest BCUT2D eigenvalue weighted by molar-refractivity contribution is 0.0339. The average Bonchev–Trinajstić information content (AvgIpc) is 2.91. The van der Waals surface area contributed by atoms with Gasteiger partial charge in [-0.25, -0.2) is 9.98 Å². The first-order chi connectivity index (χ1) is 17.6. The highest BCUT2D eigenvalue weighted by atomic mass is 16.5. The van der Waals surface area contributed by atoms with Gasteiger partial charge in [-0.3, -0.25) is 0 Å². The Bertz CT molecular complexity index is 1120. The van der Waals surface area contributed by atoms with Gasteiger partial charge in [0.25, 0.3) is 0 Å². The number of unbranched alkanes of at least 4 members (excludes halogenated alkanes) is 1. The summed E-state index contributed by atoms with van der Waals surface area (Å²) in [6, 6.07) is 7.39. The molecular formula is C32H40N2O2. The van der Waals surface area contributed by atoms with Crippen LogP contribution < -0.4 is 0 Å². The topological polar surface area (TPSA) is 54.2 Å². The molecule has 190 valence electrons. The number of phenols is 1. The number of phenolic OH excluding ortho intramolecular Hbond substituents is 1. The van der Waals surface area contributed by atoms with Gasteiger partial charge in [-0.1, -0.05) is 81.7 Å². The van der Waals surface area contributed by atoms with Crippen molar-refractivity contribution < 1.29 is 9.84 Å². The van der Waals surface area contributed by atoms with Crippen LogP contribution in [0.4, 0.5) is 0 Å². The van der Waals surface area contributed by atoms with Crippen molar-refractivity contribution in [3.8, 4) is 5.75 Å². The summed E-state index contributed by atoms with van der Waals surface area (Å²) in [5.41, 5.74) is 4.82. The molecule has 1 aromatic rings. The molecule has 1 heterocycles. The normalized spacial score (nSPS) is 27.8. The molecule has 0 aromatic heterocycles.